The summed E-state index contributed by atoms with van der Waals surface area (Å²) < 4.78 is 5.00. The number of nitrogens with one attached hydrogen (secondary N) is 1. The van der Waals surface area contributed by atoms with Gasteiger partial charge >= 0.3 is 5.97 Å². The molecular weight excluding hydrogens is 318 g/mol. The fourth-order valence-corrected chi connectivity index (χ4v) is 3.27. The zero-order chi connectivity index (χ0) is 16.6. The Kier molecular flexibility index (Phi) is 3.83. The molecule has 3 rings (SSSR count). The minimum absolute atomic E-state index is 0.0203. The molecule has 0 aliphatic carbocycles. The first-order chi connectivity index (χ1) is 11.0. The predicted molar refractivity (Wildman–Crippen MR) is 86.8 cm³/mol. The summed E-state index contributed by atoms with van der Waals surface area (Å²) in [6.07, 6.45) is 1.65. The van der Waals surface area contributed by atoms with Crippen LogP contribution in [0.25, 0.3) is 21.5 Å². The Morgan fingerprint density at radius 2 is 2.26 bits per heavy atom. The van der Waals surface area contributed by atoms with Crippen molar-refractivity contribution in [3.63, 3.8) is 0 Å². The maximum absolute atomic E-state index is 11.9. The molecule has 3 aromatic rings. The summed E-state index contributed by atoms with van der Waals surface area (Å²) in [6, 6.07) is 5.04. The zero-order valence-electron chi connectivity index (χ0n) is 12.5. The van der Waals surface area contributed by atoms with Crippen LogP contribution in [0.5, 0.6) is 0 Å². The number of hydrogen-bond acceptors (Lipinski definition) is 6. The fraction of sp³-hybridized carbons (Fsp3) is 0.200. The Bertz CT molecular complexity index is 913. The van der Waals surface area contributed by atoms with E-state index in [0.29, 0.717) is 26.7 Å². The maximum atomic E-state index is 11.9. The molecule has 1 N–H and O–H groups in total. The summed E-state index contributed by atoms with van der Waals surface area (Å²) in [5, 5.41) is 12.5. The first-order valence-electron chi connectivity index (χ1n) is 6.91. The number of nitro benzene ring substituents is 1. The fourth-order valence-electron chi connectivity index (χ4n) is 2.33. The van der Waals surface area contributed by atoms with Gasteiger partial charge in [0.25, 0.3) is 5.69 Å². The summed E-state index contributed by atoms with van der Waals surface area (Å²) >= 11 is 1.17. The normalized spacial score (nSPS) is 10.9. The molecule has 2 aromatic heterocycles. The van der Waals surface area contributed by atoms with Crippen LogP contribution in [0.1, 0.15) is 22.3 Å². The quantitative estimate of drug-likeness (QED) is 0.446. The number of non-ortho nitro benzene ring substituents is 1. The minimum atomic E-state index is -0.435. The lowest BCUT2D eigenvalue weighted by molar-refractivity contribution is -0.383. The van der Waals surface area contributed by atoms with Gasteiger partial charge in [0.05, 0.1) is 17.2 Å². The lowest BCUT2D eigenvalue weighted by Gasteiger charge is -1.99. The molecular formula is C15H13N3O4S. The molecule has 0 bridgehead atoms. The second-order valence-corrected chi connectivity index (χ2v) is 5.85. The van der Waals surface area contributed by atoms with Crippen LogP contribution in [-0.4, -0.2) is 27.5 Å². The van der Waals surface area contributed by atoms with Crippen LogP contribution in [0.3, 0.4) is 0 Å². The van der Waals surface area contributed by atoms with Gasteiger partial charge in [0.15, 0.2) is 0 Å². The van der Waals surface area contributed by atoms with Crippen LogP contribution in [0.2, 0.25) is 0 Å². The molecule has 0 radical (unpaired) electrons. The van der Waals surface area contributed by atoms with E-state index in [-0.39, 0.29) is 12.3 Å². The number of rotatable bonds is 4. The minimum Gasteiger partial charge on any atom is -0.462 e. The molecule has 8 heteroatoms. The van der Waals surface area contributed by atoms with E-state index < -0.39 is 10.9 Å². The average molecular weight is 331 g/mol. The van der Waals surface area contributed by atoms with Gasteiger partial charge < -0.3 is 9.72 Å². The molecule has 1 aromatic carbocycles. The molecule has 0 aliphatic rings. The molecule has 7 nitrogen and oxygen atoms in total. The van der Waals surface area contributed by atoms with Gasteiger partial charge in [0.1, 0.15) is 15.4 Å². The average Bonchev–Trinajstić information content (AvgIpc) is 3.12. The summed E-state index contributed by atoms with van der Waals surface area (Å²) in [4.78, 5) is 30.4. The highest BCUT2D eigenvalue weighted by Gasteiger charge is 2.20. The highest BCUT2D eigenvalue weighted by atomic mass is 32.1. The van der Waals surface area contributed by atoms with Crippen molar-refractivity contribution in [3.05, 3.63) is 45.1 Å². The Morgan fingerprint density at radius 1 is 1.48 bits per heavy atom. The highest BCUT2D eigenvalue weighted by molar-refractivity contribution is 7.17. The van der Waals surface area contributed by atoms with Gasteiger partial charge in [-0.1, -0.05) is 0 Å². The number of hydrogen-bond donors (Lipinski definition) is 1. The van der Waals surface area contributed by atoms with Crippen LogP contribution in [0, 0.1) is 17.0 Å². The third-order valence-electron chi connectivity index (χ3n) is 3.34. The van der Waals surface area contributed by atoms with Gasteiger partial charge in [-0.25, -0.2) is 9.78 Å². The molecule has 2 heterocycles. The van der Waals surface area contributed by atoms with E-state index in [1.165, 1.54) is 17.4 Å². The van der Waals surface area contributed by atoms with Crippen molar-refractivity contribution >= 4 is 33.9 Å². The molecule has 0 fully saturated rings. The van der Waals surface area contributed by atoms with Crippen molar-refractivity contribution in [1.82, 2.24) is 9.97 Å². The number of thiazole rings is 1. The Labute approximate surface area is 135 Å². The largest absolute Gasteiger partial charge is 0.462 e. The van der Waals surface area contributed by atoms with Gasteiger partial charge in [-0.3, -0.25) is 10.1 Å². The van der Waals surface area contributed by atoms with Crippen LogP contribution < -0.4 is 0 Å². The predicted octanol–water partition coefficient (Wildman–Crippen LogP) is 3.68. The number of ether oxygens (including phenoxy) is 1. The summed E-state index contributed by atoms with van der Waals surface area (Å²) in [6.45, 7) is 3.74. The molecule has 0 spiro atoms. The summed E-state index contributed by atoms with van der Waals surface area (Å²) in [5.74, 6) is -0.425. The van der Waals surface area contributed by atoms with E-state index >= 15 is 0 Å². The van der Waals surface area contributed by atoms with Crippen LogP contribution in [0.4, 0.5) is 5.69 Å². The van der Waals surface area contributed by atoms with E-state index in [0.717, 1.165) is 5.39 Å². The van der Waals surface area contributed by atoms with Gasteiger partial charge in [-0.05, 0) is 26.0 Å². The Morgan fingerprint density at radius 3 is 2.96 bits per heavy atom. The molecule has 0 aliphatic heterocycles. The van der Waals surface area contributed by atoms with Crippen molar-refractivity contribution < 1.29 is 14.5 Å². The first kappa shape index (κ1) is 15.2. The molecule has 0 saturated carbocycles. The number of esters is 1. The molecule has 118 valence electrons. The lowest BCUT2D eigenvalue weighted by atomic mass is 10.1. The number of aryl methyl sites for hydroxylation is 1. The smallest absolute Gasteiger partial charge is 0.350 e. The second-order valence-electron chi connectivity index (χ2n) is 4.85. The Balaban J connectivity index is 2.12. The number of aromatic amines is 1. The van der Waals surface area contributed by atoms with Crippen molar-refractivity contribution in [2.45, 2.75) is 13.8 Å². The summed E-state index contributed by atoms with van der Waals surface area (Å²) in [7, 11) is 0. The molecule has 0 amide bonds. The van der Waals surface area contributed by atoms with Crippen molar-refractivity contribution in [2.24, 2.45) is 0 Å². The number of benzene rings is 1. The van der Waals surface area contributed by atoms with E-state index in [1.54, 1.807) is 26.1 Å². The second kappa shape index (κ2) is 5.81. The van der Waals surface area contributed by atoms with Crippen molar-refractivity contribution in [3.8, 4) is 10.6 Å². The van der Waals surface area contributed by atoms with Crippen molar-refractivity contribution in [2.75, 3.05) is 6.61 Å². The molecule has 0 saturated heterocycles. The standard InChI is InChI=1S/C15H13N3O4S/c1-3-22-15(19)13-8(2)17-14(23-13)10-6-9-4-5-16-12(9)11(7-10)18(20)21/h4-7,16H,3H2,1-2H3. The monoisotopic (exact) mass is 331 g/mol. The zero-order valence-corrected chi connectivity index (χ0v) is 13.3. The van der Waals surface area contributed by atoms with E-state index in [4.69, 9.17) is 4.74 Å². The molecule has 23 heavy (non-hydrogen) atoms. The molecule has 0 unspecified atom stereocenters. The van der Waals surface area contributed by atoms with Crippen LogP contribution in [-0.2, 0) is 4.74 Å². The first-order valence-corrected chi connectivity index (χ1v) is 7.73. The third kappa shape index (κ3) is 2.68. The highest BCUT2D eigenvalue weighted by Crippen LogP contribution is 2.34. The van der Waals surface area contributed by atoms with Crippen LogP contribution >= 0.6 is 11.3 Å². The molecule has 0 atom stereocenters. The SMILES string of the molecule is CCOC(=O)c1sc(-c2cc([N+](=O)[O-])c3[nH]ccc3c2)nc1C. The number of nitrogens with zero attached hydrogens (tertiary/aromatic N) is 2. The van der Waals surface area contributed by atoms with Crippen LogP contribution in [0.15, 0.2) is 24.4 Å². The topological polar surface area (TPSA) is 98.1 Å². The third-order valence-corrected chi connectivity index (χ3v) is 4.53. The van der Waals surface area contributed by atoms with Gasteiger partial charge in [-0.15, -0.1) is 11.3 Å². The van der Waals surface area contributed by atoms with Gasteiger partial charge in [0, 0.05) is 23.2 Å². The maximum Gasteiger partial charge on any atom is 0.350 e. The van der Waals surface area contributed by atoms with E-state index in [1.807, 2.05) is 6.07 Å². The van der Waals surface area contributed by atoms with E-state index in [9.17, 15) is 14.9 Å². The Hall–Kier alpha value is -2.74. The summed E-state index contributed by atoms with van der Waals surface area (Å²) in [5.41, 5.74) is 1.61. The number of carbonyl (C=O) groups excluding carboxylic acids is 1. The van der Waals surface area contributed by atoms with Gasteiger partial charge in [-0.2, -0.15) is 0 Å². The van der Waals surface area contributed by atoms with Gasteiger partial charge in [0.2, 0.25) is 0 Å². The number of fused-ring (bicyclic) bond motifs is 1. The number of H-pyrrole nitrogens is 1. The van der Waals surface area contributed by atoms with Crippen molar-refractivity contribution in [1.29, 1.82) is 0 Å². The number of aromatic nitrogens is 2. The number of carbonyl (C=O) groups is 1. The lowest BCUT2D eigenvalue weighted by Crippen LogP contribution is -2.03. The van der Waals surface area contributed by atoms with E-state index in [2.05, 4.69) is 9.97 Å². The number of nitro groups is 1.